The number of amides is 2. The first kappa shape index (κ1) is 16.5. The van der Waals surface area contributed by atoms with Gasteiger partial charge in [-0.25, -0.2) is 4.39 Å². The lowest BCUT2D eigenvalue weighted by molar-refractivity contribution is -0.117. The second kappa shape index (κ2) is 7.48. The summed E-state index contributed by atoms with van der Waals surface area (Å²) in [7, 11) is 0. The van der Waals surface area contributed by atoms with Gasteiger partial charge in [-0.2, -0.15) is 0 Å². The van der Waals surface area contributed by atoms with E-state index < -0.39 is 17.6 Å². The molecule has 1 aliphatic heterocycles. The molecule has 0 radical (unpaired) electrons. The summed E-state index contributed by atoms with van der Waals surface area (Å²) in [6.45, 7) is 0.994. The number of benzene rings is 2. The predicted octanol–water partition coefficient (Wildman–Crippen LogP) is 2.07. The van der Waals surface area contributed by atoms with Crippen molar-refractivity contribution in [1.29, 1.82) is 0 Å². The lowest BCUT2D eigenvalue weighted by atomic mass is 10.2. The van der Waals surface area contributed by atoms with Crippen LogP contribution in [0.2, 0.25) is 0 Å². The van der Waals surface area contributed by atoms with Crippen LogP contribution in [0.15, 0.2) is 48.5 Å². The van der Waals surface area contributed by atoms with Gasteiger partial charge in [0, 0.05) is 11.6 Å². The van der Waals surface area contributed by atoms with E-state index in [1.54, 1.807) is 24.3 Å². The van der Waals surface area contributed by atoms with Crippen molar-refractivity contribution in [2.24, 2.45) is 0 Å². The first-order valence-corrected chi connectivity index (χ1v) is 7.55. The SMILES string of the molecule is O=C(C=Cc1ccc2c(c1)OCCO2)NNC(=O)c1ccc(F)cc1. The maximum absolute atomic E-state index is 12.8. The van der Waals surface area contributed by atoms with Gasteiger partial charge in [-0.15, -0.1) is 0 Å². The third-order valence-electron chi connectivity index (χ3n) is 3.40. The van der Waals surface area contributed by atoms with Crippen molar-refractivity contribution < 1.29 is 23.5 Å². The largest absolute Gasteiger partial charge is 0.486 e. The Bertz CT molecular complexity index is 818. The minimum absolute atomic E-state index is 0.234. The zero-order chi connectivity index (χ0) is 17.6. The number of carbonyl (C=O) groups is 2. The molecule has 0 saturated heterocycles. The van der Waals surface area contributed by atoms with Gasteiger partial charge in [0.2, 0.25) is 0 Å². The van der Waals surface area contributed by atoms with E-state index in [4.69, 9.17) is 9.47 Å². The first-order valence-electron chi connectivity index (χ1n) is 7.55. The number of hydrazine groups is 1. The molecule has 0 atom stereocenters. The average Bonchev–Trinajstić information content (AvgIpc) is 2.65. The van der Waals surface area contributed by atoms with Crippen molar-refractivity contribution in [1.82, 2.24) is 10.9 Å². The van der Waals surface area contributed by atoms with E-state index >= 15 is 0 Å². The summed E-state index contributed by atoms with van der Waals surface area (Å²) in [6.07, 6.45) is 2.86. The van der Waals surface area contributed by atoms with Gasteiger partial charge < -0.3 is 9.47 Å². The van der Waals surface area contributed by atoms with Crippen LogP contribution in [0.4, 0.5) is 4.39 Å². The standard InChI is InChI=1S/C18H15FN2O4/c19-14-5-3-13(4-6-14)18(23)21-20-17(22)8-2-12-1-7-15-16(11-12)25-10-9-24-15/h1-8,11H,9-10H2,(H,20,22)(H,21,23). The van der Waals surface area contributed by atoms with Crippen molar-refractivity contribution in [2.75, 3.05) is 13.2 Å². The number of hydrogen-bond acceptors (Lipinski definition) is 4. The number of carbonyl (C=O) groups excluding carboxylic acids is 2. The van der Waals surface area contributed by atoms with Crippen LogP contribution in [0.25, 0.3) is 6.08 Å². The first-order chi connectivity index (χ1) is 12.1. The molecule has 0 spiro atoms. The number of rotatable bonds is 3. The topological polar surface area (TPSA) is 76.7 Å². The summed E-state index contributed by atoms with van der Waals surface area (Å²) in [5.41, 5.74) is 5.49. The van der Waals surface area contributed by atoms with Crippen LogP contribution < -0.4 is 20.3 Å². The highest BCUT2D eigenvalue weighted by molar-refractivity contribution is 5.97. The summed E-state index contributed by atoms with van der Waals surface area (Å²) in [4.78, 5) is 23.6. The van der Waals surface area contributed by atoms with Gasteiger partial charge >= 0.3 is 0 Å². The summed E-state index contributed by atoms with van der Waals surface area (Å²) in [5, 5.41) is 0. The minimum atomic E-state index is -0.541. The zero-order valence-corrected chi connectivity index (χ0v) is 13.1. The molecule has 7 heteroatoms. The highest BCUT2D eigenvalue weighted by atomic mass is 19.1. The molecule has 0 fully saturated rings. The lowest BCUT2D eigenvalue weighted by Crippen LogP contribution is -2.40. The molecule has 0 saturated carbocycles. The van der Waals surface area contributed by atoms with Gasteiger partial charge in [0.15, 0.2) is 11.5 Å². The van der Waals surface area contributed by atoms with Crippen LogP contribution in [0.1, 0.15) is 15.9 Å². The lowest BCUT2D eigenvalue weighted by Gasteiger charge is -2.18. The normalized spacial score (nSPS) is 12.7. The van der Waals surface area contributed by atoms with Crippen molar-refractivity contribution in [3.8, 4) is 11.5 Å². The van der Waals surface area contributed by atoms with Crippen molar-refractivity contribution in [2.45, 2.75) is 0 Å². The van der Waals surface area contributed by atoms with Crippen molar-refractivity contribution >= 4 is 17.9 Å². The second-order valence-corrected chi connectivity index (χ2v) is 5.19. The third kappa shape index (κ3) is 4.35. The molecule has 25 heavy (non-hydrogen) atoms. The van der Waals surface area contributed by atoms with Gasteiger partial charge in [0.25, 0.3) is 11.8 Å². The highest BCUT2D eigenvalue weighted by Gasteiger charge is 2.11. The quantitative estimate of drug-likeness (QED) is 0.661. The van der Waals surface area contributed by atoms with Crippen LogP contribution in [-0.2, 0) is 4.79 Å². The van der Waals surface area contributed by atoms with Gasteiger partial charge in [-0.05, 0) is 48.0 Å². The molecule has 0 aliphatic carbocycles. The molecular formula is C18H15FN2O4. The number of ether oxygens (including phenoxy) is 2. The maximum Gasteiger partial charge on any atom is 0.269 e. The van der Waals surface area contributed by atoms with Crippen LogP contribution in [0.5, 0.6) is 11.5 Å². The molecule has 2 N–H and O–H groups in total. The fourth-order valence-corrected chi connectivity index (χ4v) is 2.17. The second-order valence-electron chi connectivity index (χ2n) is 5.19. The van der Waals surface area contributed by atoms with Gasteiger partial charge in [-0.3, -0.25) is 20.4 Å². The molecule has 0 aromatic heterocycles. The zero-order valence-electron chi connectivity index (χ0n) is 13.1. The van der Waals surface area contributed by atoms with Crippen LogP contribution in [-0.4, -0.2) is 25.0 Å². The van der Waals surface area contributed by atoms with Crippen molar-refractivity contribution in [3.05, 3.63) is 65.5 Å². The van der Waals surface area contributed by atoms with E-state index in [1.807, 2.05) is 0 Å². The molecule has 2 amide bonds. The molecule has 6 nitrogen and oxygen atoms in total. The fraction of sp³-hybridized carbons (Fsp3) is 0.111. The number of nitrogens with one attached hydrogen (secondary N) is 2. The van der Waals surface area contributed by atoms with Crippen LogP contribution >= 0.6 is 0 Å². The Hall–Kier alpha value is -3.35. The third-order valence-corrected chi connectivity index (χ3v) is 3.40. The molecular weight excluding hydrogens is 327 g/mol. The monoisotopic (exact) mass is 342 g/mol. The Morgan fingerprint density at radius 3 is 2.44 bits per heavy atom. The molecule has 128 valence electrons. The van der Waals surface area contributed by atoms with E-state index in [0.29, 0.717) is 24.7 Å². The van der Waals surface area contributed by atoms with Gasteiger partial charge in [0.1, 0.15) is 19.0 Å². The molecule has 1 aliphatic rings. The van der Waals surface area contributed by atoms with Gasteiger partial charge in [-0.1, -0.05) is 6.07 Å². The average molecular weight is 342 g/mol. The molecule has 3 rings (SSSR count). The van der Waals surface area contributed by atoms with E-state index in [1.165, 1.54) is 30.3 Å². The molecule has 0 bridgehead atoms. The Morgan fingerprint density at radius 1 is 0.960 bits per heavy atom. The smallest absolute Gasteiger partial charge is 0.269 e. The van der Waals surface area contributed by atoms with E-state index in [-0.39, 0.29) is 5.56 Å². The Kier molecular flexibility index (Phi) is 4.94. The number of halogens is 1. The highest BCUT2D eigenvalue weighted by Crippen LogP contribution is 2.30. The summed E-state index contributed by atoms with van der Waals surface area (Å²) in [5.74, 6) is -0.202. The predicted molar refractivity (Wildman–Crippen MR) is 88.5 cm³/mol. The Balaban J connectivity index is 1.54. The Morgan fingerprint density at radius 2 is 1.68 bits per heavy atom. The molecule has 2 aromatic rings. The summed E-state index contributed by atoms with van der Waals surface area (Å²) in [6, 6.07) is 10.3. The Labute approximate surface area is 143 Å². The van der Waals surface area contributed by atoms with E-state index in [0.717, 1.165) is 5.56 Å². The number of hydrogen-bond donors (Lipinski definition) is 2. The van der Waals surface area contributed by atoms with Gasteiger partial charge in [0.05, 0.1) is 0 Å². The van der Waals surface area contributed by atoms with E-state index in [2.05, 4.69) is 10.9 Å². The number of fused-ring (bicyclic) bond motifs is 1. The fourth-order valence-electron chi connectivity index (χ4n) is 2.17. The van der Waals surface area contributed by atoms with Crippen LogP contribution in [0.3, 0.4) is 0 Å². The maximum atomic E-state index is 12.8. The summed E-state index contributed by atoms with van der Waals surface area (Å²) < 4.78 is 23.7. The van der Waals surface area contributed by atoms with Crippen molar-refractivity contribution in [3.63, 3.8) is 0 Å². The summed E-state index contributed by atoms with van der Waals surface area (Å²) >= 11 is 0. The van der Waals surface area contributed by atoms with Crippen LogP contribution in [0, 0.1) is 5.82 Å². The molecule has 1 heterocycles. The molecule has 2 aromatic carbocycles. The molecule has 0 unspecified atom stereocenters. The van der Waals surface area contributed by atoms with E-state index in [9.17, 15) is 14.0 Å². The minimum Gasteiger partial charge on any atom is -0.486 e.